The van der Waals surface area contributed by atoms with E-state index in [1.54, 1.807) is 4.90 Å². The Balaban J connectivity index is 1.41. The summed E-state index contributed by atoms with van der Waals surface area (Å²) in [5.41, 5.74) is -0.477. The number of hydrogen-bond donors (Lipinski definition) is 3. The highest BCUT2D eigenvalue weighted by atomic mass is 16.2. The van der Waals surface area contributed by atoms with Crippen LogP contribution >= 0.6 is 0 Å². The van der Waals surface area contributed by atoms with Gasteiger partial charge in [0.1, 0.15) is 18.1 Å². The van der Waals surface area contributed by atoms with Gasteiger partial charge in [0.25, 0.3) is 0 Å². The lowest BCUT2D eigenvalue weighted by Gasteiger charge is -2.39. The first kappa shape index (κ1) is 25.0. The number of fused-ring (bicyclic) bond motifs is 4. The number of rotatable bonds is 2. The third-order valence-corrected chi connectivity index (χ3v) is 10.1. The molecule has 5 rings (SSSR count). The van der Waals surface area contributed by atoms with Gasteiger partial charge < -0.3 is 20.9 Å². The summed E-state index contributed by atoms with van der Waals surface area (Å²) >= 11 is 0. The van der Waals surface area contributed by atoms with Gasteiger partial charge in [-0.05, 0) is 55.3 Å². The summed E-state index contributed by atoms with van der Waals surface area (Å²) in [5, 5.41) is 18.7. The molecule has 3 heterocycles. The average Bonchev–Trinajstić information content (AvgIpc) is 3.14. The summed E-state index contributed by atoms with van der Waals surface area (Å²) in [6, 6.07) is 0.0608. The lowest BCUT2D eigenvalue weighted by molar-refractivity contribution is -0.145. The monoisotopic (exact) mass is 497 g/mol. The molecule has 36 heavy (non-hydrogen) atoms. The quantitative estimate of drug-likeness (QED) is 0.532. The SMILES string of the molecule is CC1(C(=O)N[C@H]2CCCC[C@H]3CNC(=O)[C@H]3C[C@@H](C#N)NC(=O)[C@@H]3[C@@H]4[C@H](CN3C2=O)C4(C)C)CCC1. The molecule has 0 radical (unpaired) electrons. The lowest BCUT2D eigenvalue weighted by atomic mass is 9.69. The molecule has 5 aliphatic rings. The van der Waals surface area contributed by atoms with E-state index in [9.17, 15) is 24.4 Å². The topological polar surface area (TPSA) is 131 Å². The molecule has 4 amide bonds. The first-order chi connectivity index (χ1) is 17.1. The highest BCUT2D eigenvalue weighted by Gasteiger charge is 2.69. The largest absolute Gasteiger partial charge is 0.356 e. The second-order valence-corrected chi connectivity index (χ2v) is 12.7. The smallest absolute Gasteiger partial charge is 0.245 e. The molecular weight excluding hydrogens is 458 g/mol. The summed E-state index contributed by atoms with van der Waals surface area (Å²) in [4.78, 5) is 54.7. The van der Waals surface area contributed by atoms with Crippen LogP contribution in [0.5, 0.6) is 0 Å². The standard InChI is InChI=1S/C27H39N5O4/c1-26(2)18-14-32-21(20(18)26)23(34)30-16(12-28)11-17-15(13-29-22(17)33)7-4-5-8-19(24(32)35)31-25(36)27(3)9-6-10-27/h15-21H,4-11,13-14H2,1-3H3,(H,29,33)(H,30,34)(H,31,36)/t15-,16-,17-,18-,19-,20-,21-/m0/s1. The molecular formula is C27H39N5O4. The lowest BCUT2D eigenvalue weighted by Crippen LogP contribution is -2.58. The summed E-state index contributed by atoms with van der Waals surface area (Å²) in [7, 11) is 0. The Labute approximate surface area is 213 Å². The minimum Gasteiger partial charge on any atom is -0.356 e. The summed E-state index contributed by atoms with van der Waals surface area (Å²) in [6.45, 7) is 7.25. The highest BCUT2D eigenvalue weighted by molar-refractivity contribution is 5.94. The summed E-state index contributed by atoms with van der Waals surface area (Å²) in [6.07, 6.45) is 5.85. The van der Waals surface area contributed by atoms with Crippen LogP contribution in [0, 0.1) is 45.8 Å². The van der Waals surface area contributed by atoms with Gasteiger partial charge in [-0.15, -0.1) is 0 Å². The Kier molecular flexibility index (Phi) is 6.29. The maximum absolute atomic E-state index is 13.9. The predicted molar refractivity (Wildman–Crippen MR) is 131 cm³/mol. The molecule has 3 N–H and O–H groups in total. The van der Waals surface area contributed by atoms with Crippen LogP contribution in [0.25, 0.3) is 0 Å². The summed E-state index contributed by atoms with van der Waals surface area (Å²) in [5.74, 6) is -0.600. The van der Waals surface area contributed by atoms with Crippen molar-refractivity contribution in [1.82, 2.24) is 20.9 Å². The van der Waals surface area contributed by atoms with Crippen LogP contribution in [-0.2, 0) is 19.2 Å². The molecule has 2 saturated carbocycles. The van der Waals surface area contributed by atoms with Gasteiger partial charge in [0.05, 0.1) is 6.07 Å². The maximum Gasteiger partial charge on any atom is 0.245 e. The van der Waals surface area contributed by atoms with E-state index in [0.29, 0.717) is 19.5 Å². The van der Waals surface area contributed by atoms with E-state index in [1.807, 2.05) is 6.92 Å². The van der Waals surface area contributed by atoms with Crippen molar-refractivity contribution >= 4 is 23.6 Å². The van der Waals surface area contributed by atoms with Crippen LogP contribution in [0.3, 0.4) is 0 Å². The predicted octanol–water partition coefficient (Wildman–Crippen LogP) is 1.48. The van der Waals surface area contributed by atoms with Crippen molar-refractivity contribution in [2.45, 2.75) is 90.3 Å². The fraction of sp³-hybridized carbons (Fsp3) is 0.815. The van der Waals surface area contributed by atoms with Crippen molar-refractivity contribution < 1.29 is 19.2 Å². The third kappa shape index (κ3) is 4.16. The van der Waals surface area contributed by atoms with Crippen LogP contribution in [0.4, 0.5) is 0 Å². The molecule has 0 aromatic rings. The van der Waals surface area contributed by atoms with E-state index in [0.717, 1.165) is 38.5 Å². The first-order valence-electron chi connectivity index (χ1n) is 13.7. The molecule has 0 aromatic heterocycles. The van der Waals surface area contributed by atoms with Gasteiger partial charge in [-0.2, -0.15) is 5.26 Å². The number of carbonyl (C=O) groups is 4. The Hall–Kier alpha value is -2.63. The molecule has 0 unspecified atom stereocenters. The second kappa shape index (κ2) is 9.04. The molecule has 9 nitrogen and oxygen atoms in total. The Bertz CT molecular complexity index is 999. The molecule has 7 atom stereocenters. The number of carbonyl (C=O) groups excluding carboxylic acids is 4. The zero-order valence-corrected chi connectivity index (χ0v) is 21.6. The second-order valence-electron chi connectivity index (χ2n) is 12.7. The third-order valence-electron chi connectivity index (χ3n) is 10.1. The normalized spacial score (nSPS) is 39.2. The Morgan fingerprint density at radius 3 is 2.47 bits per heavy atom. The number of nitrogens with one attached hydrogen (secondary N) is 3. The molecule has 3 aliphatic heterocycles. The van der Waals surface area contributed by atoms with E-state index in [1.165, 1.54) is 0 Å². The summed E-state index contributed by atoms with van der Waals surface area (Å²) < 4.78 is 0. The average molecular weight is 498 g/mol. The molecule has 0 aromatic carbocycles. The highest BCUT2D eigenvalue weighted by Crippen LogP contribution is 2.65. The molecule has 9 heteroatoms. The van der Waals surface area contributed by atoms with Crippen LogP contribution in [0.15, 0.2) is 0 Å². The van der Waals surface area contributed by atoms with Gasteiger partial charge in [0, 0.05) is 24.4 Å². The van der Waals surface area contributed by atoms with Gasteiger partial charge in [-0.1, -0.05) is 40.0 Å². The van der Waals surface area contributed by atoms with Crippen molar-refractivity contribution in [3.05, 3.63) is 0 Å². The molecule has 0 bridgehead atoms. The maximum atomic E-state index is 13.9. The minimum atomic E-state index is -0.788. The van der Waals surface area contributed by atoms with Gasteiger partial charge in [-0.25, -0.2) is 0 Å². The van der Waals surface area contributed by atoms with Crippen LogP contribution < -0.4 is 16.0 Å². The van der Waals surface area contributed by atoms with E-state index in [-0.39, 0.29) is 59.1 Å². The van der Waals surface area contributed by atoms with Gasteiger partial charge in [0.15, 0.2) is 0 Å². The minimum absolute atomic E-state index is 0.0247. The molecule has 5 fully saturated rings. The van der Waals surface area contributed by atoms with E-state index in [4.69, 9.17) is 0 Å². The zero-order chi connectivity index (χ0) is 25.8. The van der Waals surface area contributed by atoms with Crippen LogP contribution in [-0.4, -0.2) is 59.7 Å². The first-order valence-corrected chi connectivity index (χ1v) is 13.7. The van der Waals surface area contributed by atoms with Crippen molar-refractivity contribution in [3.8, 4) is 6.07 Å². The van der Waals surface area contributed by atoms with Crippen LogP contribution in [0.2, 0.25) is 0 Å². The van der Waals surface area contributed by atoms with Crippen molar-refractivity contribution in [3.63, 3.8) is 0 Å². The number of nitrogens with zero attached hydrogens (tertiary/aromatic N) is 2. The Morgan fingerprint density at radius 1 is 1.08 bits per heavy atom. The van der Waals surface area contributed by atoms with E-state index >= 15 is 0 Å². The van der Waals surface area contributed by atoms with E-state index in [2.05, 4.69) is 35.9 Å². The fourth-order valence-corrected chi connectivity index (χ4v) is 7.27. The number of nitriles is 1. The van der Waals surface area contributed by atoms with Crippen LogP contribution in [0.1, 0.15) is 72.1 Å². The molecule has 196 valence electrons. The molecule has 3 saturated heterocycles. The van der Waals surface area contributed by atoms with Gasteiger partial charge in [-0.3, -0.25) is 19.2 Å². The zero-order valence-electron chi connectivity index (χ0n) is 21.6. The fourth-order valence-electron chi connectivity index (χ4n) is 7.27. The van der Waals surface area contributed by atoms with Gasteiger partial charge in [0.2, 0.25) is 23.6 Å². The number of hydrogen-bond acceptors (Lipinski definition) is 5. The van der Waals surface area contributed by atoms with Crippen molar-refractivity contribution in [2.24, 2.45) is 34.5 Å². The van der Waals surface area contributed by atoms with Crippen molar-refractivity contribution in [1.29, 1.82) is 5.26 Å². The Morgan fingerprint density at radius 2 is 1.81 bits per heavy atom. The number of piperidine rings is 1. The molecule has 2 aliphatic carbocycles. The van der Waals surface area contributed by atoms with E-state index < -0.39 is 23.5 Å². The van der Waals surface area contributed by atoms with Gasteiger partial charge >= 0.3 is 0 Å². The number of amides is 4. The molecule has 0 spiro atoms. The van der Waals surface area contributed by atoms with Crippen molar-refractivity contribution in [2.75, 3.05) is 13.1 Å².